The van der Waals surface area contributed by atoms with E-state index < -0.39 is 0 Å². The second-order valence-corrected chi connectivity index (χ2v) is 6.32. The highest BCUT2D eigenvalue weighted by Crippen LogP contribution is 2.42. The fourth-order valence-electron chi connectivity index (χ4n) is 3.38. The third-order valence-corrected chi connectivity index (χ3v) is 4.68. The van der Waals surface area contributed by atoms with Gasteiger partial charge in [0, 0.05) is 28.7 Å². The SMILES string of the molecule is COc1cc(-c2cn(-c3ccc(F)cc3)c(C)c2C(C)=O)cc(OC)c1OC. The number of hydrogen-bond acceptors (Lipinski definition) is 4. The molecule has 1 heterocycles. The van der Waals surface area contributed by atoms with E-state index in [9.17, 15) is 9.18 Å². The lowest BCUT2D eigenvalue weighted by Crippen LogP contribution is -2.00. The van der Waals surface area contributed by atoms with Gasteiger partial charge in [-0.3, -0.25) is 4.79 Å². The Bertz CT molecular complexity index is 997. The molecule has 3 aromatic rings. The van der Waals surface area contributed by atoms with Gasteiger partial charge in [0.05, 0.1) is 21.3 Å². The molecule has 1 aromatic heterocycles. The van der Waals surface area contributed by atoms with E-state index in [0.717, 1.165) is 22.5 Å². The van der Waals surface area contributed by atoms with Crippen LogP contribution in [0.5, 0.6) is 17.2 Å². The minimum Gasteiger partial charge on any atom is -0.493 e. The van der Waals surface area contributed by atoms with Gasteiger partial charge in [-0.2, -0.15) is 0 Å². The number of methoxy groups -OCH3 is 3. The van der Waals surface area contributed by atoms with Crippen molar-refractivity contribution in [3.8, 4) is 34.1 Å². The van der Waals surface area contributed by atoms with Crippen LogP contribution in [0.4, 0.5) is 4.39 Å². The third-order valence-electron chi connectivity index (χ3n) is 4.68. The first-order chi connectivity index (χ1) is 13.4. The van der Waals surface area contributed by atoms with Crippen LogP contribution in [-0.4, -0.2) is 31.7 Å². The van der Waals surface area contributed by atoms with Crippen molar-refractivity contribution >= 4 is 5.78 Å². The number of carbonyl (C=O) groups is 1. The van der Waals surface area contributed by atoms with Crippen molar-refractivity contribution in [1.82, 2.24) is 4.57 Å². The van der Waals surface area contributed by atoms with Gasteiger partial charge in [0.1, 0.15) is 5.82 Å². The summed E-state index contributed by atoms with van der Waals surface area (Å²) >= 11 is 0. The van der Waals surface area contributed by atoms with Crippen molar-refractivity contribution < 1.29 is 23.4 Å². The highest BCUT2D eigenvalue weighted by Gasteiger charge is 2.22. The number of rotatable bonds is 6. The molecule has 146 valence electrons. The summed E-state index contributed by atoms with van der Waals surface area (Å²) < 4.78 is 31.4. The standard InChI is InChI=1S/C22H22FNO4/c1-13-21(14(2)25)18(12-24(13)17-8-6-16(23)7-9-17)15-10-19(26-3)22(28-5)20(11-15)27-4/h6-12H,1-5H3. The van der Waals surface area contributed by atoms with E-state index in [1.807, 2.05) is 17.7 Å². The molecule has 0 aliphatic rings. The molecule has 0 radical (unpaired) electrons. The Kier molecular flexibility index (Phi) is 5.40. The van der Waals surface area contributed by atoms with Gasteiger partial charge in [-0.15, -0.1) is 0 Å². The molecule has 0 fully saturated rings. The predicted octanol–water partition coefficient (Wildman–Crippen LogP) is 4.82. The van der Waals surface area contributed by atoms with Gasteiger partial charge < -0.3 is 18.8 Å². The zero-order valence-corrected chi connectivity index (χ0v) is 16.5. The molecular weight excluding hydrogens is 361 g/mol. The lowest BCUT2D eigenvalue weighted by Gasteiger charge is -2.14. The molecule has 5 nitrogen and oxygen atoms in total. The summed E-state index contributed by atoms with van der Waals surface area (Å²) in [6, 6.07) is 9.73. The van der Waals surface area contributed by atoms with E-state index >= 15 is 0 Å². The quantitative estimate of drug-likeness (QED) is 0.573. The van der Waals surface area contributed by atoms with Crippen molar-refractivity contribution in [2.24, 2.45) is 0 Å². The molecule has 0 aliphatic carbocycles. The number of benzene rings is 2. The Labute approximate surface area is 163 Å². The smallest absolute Gasteiger partial charge is 0.203 e. The monoisotopic (exact) mass is 383 g/mol. The third kappa shape index (κ3) is 3.33. The van der Waals surface area contributed by atoms with E-state index in [-0.39, 0.29) is 11.6 Å². The molecule has 0 unspecified atom stereocenters. The Balaban J connectivity index is 2.26. The van der Waals surface area contributed by atoms with E-state index in [2.05, 4.69) is 0 Å². The fraction of sp³-hybridized carbons (Fsp3) is 0.227. The summed E-state index contributed by atoms with van der Waals surface area (Å²) in [5.74, 6) is 1.09. The van der Waals surface area contributed by atoms with Crippen molar-refractivity contribution in [1.29, 1.82) is 0 Å². The minimum atomic E-state index is -0.315. The van der Waals surface area contributed by atoms with Crippen LogP contribution in [0.1, 0.15) is 23.0 Å². The zero-order valence-electron chi connectivity index (χ0n) is 16.5. The Hall–Kier alpha value is -3.28. The molecule has 0 amide bonds. The summed E-state index contributed by atoms with van der Waals surface area (Å²) in [5, 5.41) is 0. The summed E-state index contributed by atoms with van der Waals surface area (Å²) in [7, 11) is 4.62. The minimum absolute atomic E-state index is 0.0675. The number of Topliss-reactive ketones (excluding diaryl/α,β-unsaturated/α-hetero) is 1. The highest BCUT2D eigenvalue weighted by molar-refractivity contribution is 6.02. The molecule has 0 bridgehead atoms. The van der Waals surface area contributed by atoms with Gasteiger partial charge >= 0.3 is 0 Å². The van der Waals surface area contributed by atoms with E-state index in [1.54, 1.807) is 38.5 Å². The maximum atomic E-state index is 13.3. The first-order valence-electron chi connectivity index (χ1n) is 8.70. The lowest BCUT2D eigenvalue weighted by atomic mass is 10.00. The first kappa shape index (κ1) is 19.5. The predicted molar refractivity (Wildman–Crippen MR) is 106 cm³/mol. The van der Waals surface area contributed by atoms with Gasteiger partial charge in [-0.05, 0) is 55.8 Å². The van der Waals surface area contributed by atoms with Crippen molar-refractivity contribution in [3.05, 3.63) is 59.7 Å². The second kappa shape index (κ2) is 7.76. The number of nitrogens with zero attached hydrogens (tertiary/aromatic N) is 1. The molecule has 6 heteroatoms. The Morgan fingerprint density at radius 3 is 2.00 bits per heavy atom. The van der Waals surface area contributed by atoms with Crippen molar-refractivity contribution in [2.75, 3.05) is 21.3 Å². The van der Waals surface area contributed by atoms with Crippen LogP contribution in [0.25, 0.3) is 16.8 Å². The van der Waals surface area contributed by atoms with Crippen LogP contribution in [0.3, 0.4) is 0 Å². The van der Waals surface area contributed by atoms with E-state index in [1.165, 1.54) is 26.2 Å². The van der Waals surface area contributed by atoms with Gasteiger partial charge in [-0.25, -0.2) is 4.39 Å². The fourth-order valence-corrected chi connectivity index (χ4v) is 3.38. The average molecular weight is 383 g/mol. The van der Waals surface area contributed by atoms with Crippen molar-refractivity contribution in [2.45, 2.75) is 13.8 Å². The Morgan fingerprint density at radius 1 is 0.964 bits per heavy atom. The van der Waals surface area contributed by atoms with Crippen LogP contribution in [-0.2, 0) is 0 Å². The average Bonchev–Trinajstić information content (AvgIpc) is 3.04. The highest BCUT2D eigenvalue weighted by atomic mass is 19.1. The second-order valence-electron chi connectivity index (χ2n) is 6.32. The molecule has 0 spiro atoms. The van der Waals surface area contributed by atoms with Crippen LogP contribution in [0, 0.1) is 12.7 Å². The van der Waals surface area contributed by atoms with Gasteiger partial charge in [-0.1, -0.05) is 0 Å². The maximum absolute atomic E-state index is 13.3. The molecule has 0 saturated carbocycles. The van der Waals surface area contributed by atoms with Gasteiger partial charge in [0.25, 0.3) is 0 Å². The molecule has 2 aromatic carbocycles. The summed E-state index contributed by atoms with van der Waals surface area (Å²) in [5.41, 5.74) is 3.60. The van der Waals surface area contributed by atoms with Crippen LogP contribution >= 0.6 is 0 Å². The van der Waals surface area contributed by atoms with Crippen LogP contribution < -0.4 is 14.2 Å². The molecule has 3 rings (SSSR count). The zero-order chi connectivity index (χ0) is 20.4. The van der Waals surface area contributed by atoms with Crippen LogP contribution in [0.2, 0.25) is 0 Å². The van der Waals surface area contributed by atoms with Crippen molar-refractivity contribution in [3.63, 3.8) is 0 Å². The van der Waals surface area contributed by atoms with E-state index in [0.29, 0.717) is 22.8 Å². The maximum Gasteiger partial charge on any atom is 0.203 e. The molecule has 0 aliphatic heterocycles. The summed E-state index contributed by atoms with van der Waals surface area (Å²) in [6.45, 7) is 3.39. The number of halogens is 1. The Morgan fingerprint density at radius 2 is 1.54 bits per heavy atom. The normalized spacial score (nSPS) is 10.6. The molecule has 28 heavy (non-hydrogen) atoms. The summed E-state index contributed by atoms with van der Waals surface area (Å²) in [4.78, 5) is 12.4. The number of hydrogen-bond donors (Lipinski definition) is 0. The molecular formula is C22H22FNO4. The molecule has 0 saturated heterocycles. The lowest BCUT2D eigenvalue weighted by molar-refractivity contribution is 0.101. The topological polar surface area (TPSA) is 49.7 Å². The number of carbonyl (C=O) groups excluding carboxylic acids is 1. The number of ketones is 1. The first-order valence-corrected chi connectivity index (χ1v) is 8.70. The van der Waals surface area contributed by atoms with E-state index in [4.69, 9.17) is 14.2 Å². The largest absolute Gasteiger partial charge is 0.493 e. The van der Waals surface area contributed by atoms with Gasteiger partial charge in [0.2, 0.25) is 5.75 Å². The van der Waals surface area contributed by atoms with Crippen LogP contribution in [0.15, 0.2) is 42.6 Å². The summed E-state index contributed by atoms with van der Waals surface area (Å²) in [6.07, 6.45) is 1.86. The number of aromatic nitrogens is 1. The van der Waals surface area contributed by atoms with Gasteiger partial charge in [0.15, 0.2) is 17.3 Å². The molecule has 0 atom stereocenters. The number of ether oxygens (including phenoxy) is 3. The molecule has 0 N–H and O–H groups in total.